The van der Waals surface area contributed by atoms with Gasteiger partial charge in [0.2, 0.25) is 0 Å². The first kappa shape index (κ1) is 32.4. The van der Waals surface area contributed by atoms with Crippen molar-refractivity contribution >= 4 is 16.4 Å². The fraction of sp³-hybridized carbons (Fsp3) is 0.759. The van der Waals surface area contributed by atoms with Crippen molar-refractivity contribution in [2.24, 2.45) is 0 Å². The number of rotatable bonds is 20. The number of carbonyl (C=O) groups is 1. The van der Waals surface area contributed by atoms with Crippen LogP contribution in [0.4, 0.5) is 4.79 Å². The number of para-hydroxylation sites is 1. The summed E-state index contributed by atoms with van der Waals surface area (Å²) >= 11 is 0. The highest BCUT2D eigenvalue weighted by atomic mass is 32.2. The smallest absolute Gasteiger partial charge is 0.409 e. The van der Waals surface area contributed by atoms with E-state index in [0.717, 1.165) is 24.0 Å². The van der Waals surface area contributed by atoms with Crippen LogP contribution >= 0.6 is 0 Å². The normalized spacial score (nSPS) is 11.9. The molecule has 208 valence electrons. The summed E-state index contributed by atoms with van der Waals surface area (Å²) in [6, 6.07) is 5.70. The number of benzene rings is 1. The molecule has 7 heteroatoms. The first-order valence-corrected chi connectivity index (χ1v) is 15.6. The van der Waals surface area contributed by atoms with E-state index in [2.05, 4.69) is 6.92 Å². The molecule has 1 rings (SSSR count). The Hall–Kier alpha value is -1.60. The van der Waals surface area contributed by atoms with E-state index in [1.165, 1.54) is 70.6 Å². The van der Waals surface area contributed by atoms with Gasteiger partial charge in [-0.25, -0.2) is 4.79 Å². The Morgan fingerprint density at radius 1 is 0.750 bits per heavy atom. The maximum atomic E-state index is 12.3. The highest BCUT2D eigenvalue weighted by Crippen LogP contribution is 2.34. The first-order chi connectivity index (χ1) is 17.2. The van der Waals surface area contributed by atoms with Crippen LogP contribution in [0.5, 0.6) is 5.75 Å². The van der Waals surface area contributed by atoms with E-state index < -0.39 is 16.4 Å². The molecule has 0 saturated heterocycles. The second-order valence-electron chi connectivity index (χ2n) is 10.4. The zero-order valence-corrected chi connectivity index (χ0v) is 24.3. The summed E-state index contributed by atoms with van der Waals surface area (Å²) in [5.74, 6) is 0.668. The van der Waals surface area contributed by atoms with Crippen molar-refractivity contribution < 1.29 is 22.1 Å². The third-order valence-electron chi connectivity index (χ3n) is 6.46. The standard InChI is InChI=1S/C29H51NO5S/c1-6-7-8-9-10-11-12-13-14-15-16-17-18-19-23-34-36(32,33)30-29(31)35-28-26(24(2)3)21-20-22-27(28)25(4)5/h20-22,24-25H,6-19,23H2,1-5H3,(H,30,31). The molecule has 1 aromatic rings. The van der Waals surface area contributed by atoms with Gasteiger partial charge in [0, 0.05) is 0 Å². The van der Waals surface area contributed by atoms with Gasteiger partial charge in [0.1, 0.15) is 5.75 Å². The topological polar surface area (TPSA) is 81.7 Å². The number of unbranched alkanes of at least 4 members (excludes halogenated alkanes) is 13. The summed E-state index contributed by atoms with van der Waals surface area (Å²) < 4.78 is 36.6. The van der Waals surface area contributed by atoms with Gasteiger partial charge >= 0.3 is 16.4 Å². The third-order valence-corrected chi connectivity index (χ3v) is 7.35. The predicted molar refractivity (Wildman–Crippen MR) is 149 cm³/mol. The van der Waals surface area contributed by atoms with Crippen molar-refractivity contribution in [3.63, 3.8) is 0 Å². The van der Waals surface area contributed by atoms with Crippen LogP contribution in [0, 0.1) is 0 Å². The summed E-state index contributed by atoms with van der Waals surface area (Å²) in [5, 5.41) is 0. The molecule has 36 heavy (non-hydrogen) atoms. The van der Waals surface area contributed by atoms with E-state index in [-0.39, 0.29) is 18.4 Å². The van der Waals surface area contributed by atoms with E-state index in [4.69, 9.17) is 8.92 Å². The summed E-state index contributed by atoms with van der Waals surface area (Å²) in [6.07, 6.45) is 16.1. The molecule has 0 heterocycles. The van der Waals surface area contributed by atoms with Crippen molar-refractivity contribution in [2.75, 3.05) is 6.61 Å². The predicted octanol–water partition coefficient (Wildman–Crippen LogP) is 8.76. The van der Waals surface area contributed by atoms with Crippen LogP contribution in [-0.2, 0) is 14.5 Å². The summed E-state index contributed by atoms with van der Waals surface area (Å²) in [7, 11) is -4.21. The Morgan fingerprint density at radius 3 is 1.58 bits per heavy atom. The molecule has 6 nitrogen and oxygen atoms in total. The summed E-state index contributed by atoms with van der Waals surface area (Å²) in [4.78, 5) is 12.3. The van der Waals surface area contributed by atoms with E-state index in [9.17, 15) is 13.2 Å². The fourth-order valence-corrected chi connectivity index (χ4v) is 4.95. The number of ether oxygens (including phenoxy) is 1. The number of carbonyl (C=O) groups excluding carboxylic acids is 1. The minimum atomic E-state index is -4.21. The molecule has 0 fully saturated rings. The number of hydrogen-bond acceptors (Lipinski definition) is 5. The molecule has 0 bridgehead atoms. The molecule has 1 N–H and O–H groups in total. The van der Waals surface area contributed by atoms with Crippen molar-refractivity contribution in [1.29, 1.82) is 0 Å². The largest absolute Gasteiger partial charge is 0.428 e. The zero-order valence-electron chi connectivity index (χ0n) is 23.4. The quantitative estimate of drug-likeness (QED) is 0.172. The highest BCUT2D eigenvalue weighted by Gasteiger charge is 2.21. The maximum absolute atomic E-state index is 12.3. The minimum Gasteiger partial charge on any atom is -0.409 e. The van der Waals surface area contributed by atoms with Crippen molar-refractivity contribution in [2.45, 2.75) is 136 Å². The van der Waals surface area contributed by atoms with Crippen molar-refractivity contribution in [3.05, 3.63) is 29.3 Å². The van der Waals surface area contributed by atoms with Gasteiger partial charge < -0.3 is 4.74 Å². The lowest BCUT2D eigenvalue weighted by Crippen LogP contribution is -2.35. The van der Waals surface area contributed by atoms with Gasteiger partial charge in [-0.1, -0.05) is 136 Å². The van der Waals surface area contributed by atoms with Crippen molar-refractivity contribution in [3.8, 4) is 5.75 Å². The molecule has 1 amide bonds. The Kier molecular flexibility index (Phi) is 16.8. The first-order valence-electron chi connectivity index (χ1n) is 14.2. The molecule has 0 radical (unpaired) electrons. The number of nitrogens with one attached hydrogen (secondary N) is 1. The molecular weight excluding hydrogens is 474 g/mol. The van der Waals surface area contributed by atoms with Gasteiger partial charge in [-0.2, -0.15) is 13.1 Å². The number of hydrogen-bond donors (Lipinski definition) is 1. The Labute approximate surface area is 221 Å². The average Bonchev–Trinajstić information content (AvgIpc) is 2.80. The second kappa shape index (κ2) is 18.6. The molecule has 0 unspecified atom stereocenters. The Balaban J connectivity index is 2.22. The van der Waals surface area contributed by atoms with Crippen LogP contribution in [0.25, 0.3) is 0 Å². The molecular formula is C29H51NO5S. The lowest BCUT2D eigenvalue weighted by molar-refractivity contribution is 0.203. The van der Waals surface area contributed by atoms with Crippen LogP contribution in [0.3, 0.4) is 0 Å². The zero-order chi connectivity index (χ0) is 26.8. The molecule has 0 aliphatic carbocycles. The fourth-order valence-electron chi connectivity index (χ4n) is 4.31. The van der Waals surface area contributed by atoms with E-state index >= 15 is 0 Å². The molecule has 0 saturated carbocycles. The Morgan fingerprint density at radius 2 is 1.17 bits per heavy atom. The van der Waals surface area contributed by atoms with E-state index in [0.29, 0.717) is 12.2 Å². The Bertz CT molecular complexity index is 810. The monoisotopic (exact) mass is 525 g/mol. The van der Waals surface area contributed by atoms with E-state index in [1.54, 1.807) is 0 Å². The van der Waals surface area contributed by atoms with Gasteiger partial charge in [0.05, 0.1) is 6.61 Å². The van der Waals surface area contributed by atoms with Gasteiger partial charge in [0.15, 0.2) is 0 Å². The van der Waals surface area contributed by atoms with Crippen LogP contribution < -0.4 is 9.46 Å². The van der Waals surface area contributed by atoms with Crippen LogP contribution in [-0.4, -0.2) is 21.1 Å². The molecule has 0 atom stereocenters. The van der Waals surface area contributed by atoms with Gasteiger partial charge in [-0.15, -0.1) is 0 Å². The average molecular weight is 526 g/mol. The lowest BCUT2D eigenvalue weighted by atomic mass is 9.94. The van der Waals surface area contributed by atoms with Crippen LogP contribution in [0.15, 0.2) is 18.2 Å². The number of amides is 1. The van der Waals surface area contributed by atoms with Gasteiger partial charge in [-0.05, 0) is 29.4 Å². The maximum Gasteiger partial charge on any atom is 0.428 e. The molecule has 0 aromatic heterocycles. The molecule has 0 aliphatic rings. The van der Waals surface area contributed by atoms with Gasteiger partial charge in [-0.3, -0.25) is 4.18 Å². The highest BCUT2D eigenvalue weighted by molar-refractivity contribution is 7.85. The molecule has 0 aliphatic heterocycles. The second-order valence-corrected chi connectivity index (χ2v) is 11.8. The third kappa shape index (κ3) is 14.2. The van der Waals surface area contributed by atoms with E-state index in [1.807, 2.05) is 50.6 Å². The van der Waals surface area contributed by atoms with Crippen LogP contribution in [0.1, 0.15) is 147 Å². The molecule has 1 aromatic carbocycles. The van der Waals surface area contributed by atoms with Crippen molar-refractivity contribution in [1.82, 2.24) is 4.72 Å². The summed E-state index contributed by atoms with van der Waals surface area (Å²) in [5.41, 5.74) is 1.72. The lowest BCUT2D eigenvalue weighted by Gasteiger charge is -2.19. The van der Waals surface area contributed by atoms with Gasteiger partial charge in [0.25, 0.3) is 0 Å². The molecule has 0 spiro atoms. The SMILES string of the molecule is CCCCCCCCCCCCCCCCOS(=O)(=O)NC(=O)Oc1c(C(C)C)cccc1C(C)C. The van der Waals surface area contributed by atoms with Crippen LogP contribution in [0.2, 0.25) is 0 Å². The summed E-state index contributed by atoms with van der Waals surface area (Å²) in [6.45, 7) is 10.3. The minimum absolute atomic E-state index is 0.0560.